The number of rotatable bonds is 6. The lowest BCUT2D eigenvalue weighted by molar-refractivity contribution is 0.0792. The summed E-state index contributed by atoms with van der Waals surface area (Å²) in [6.07, 6.45) is 9.45. The molecule has 34 heavy (non-hydrogen) atoms. The standard InChI is InChI=1S/C26H28N6O2/c1-2-17-10-21(15-28-12-17)29-26(34)25-23-11-19(3-4-24(23)30-31-25)20-9-18(13-27-14-20)16-32-7-5-22(33)6-8-32/h3-4,9-15,22,33H,2,5-8,16H2,1H3,(H,29,34)(H,30,31). The number of anilines is 1. The second-order valence-electron chi connectivity index (χ2n) is 8.81. The molecule has 8 nitrogen and oxygen atoms in total. The van der Waals surface area contributed by atoms with Crippen molar-refractivity contribution in [3.63, 3.8) is 0 Å². The van der Waals surface area contributed by atoms with Crippen molar-refractivity contribution >= 4 is 22.5 Å². The van der Waals surface area contributed by atoms with Crippen LogP contribution in [0, 0.1) is 0 Å². The third-order valence-corrected chi connectivity index (χ3v) is 6.33. The number of pyridine rings is 2. The van der Waals surface area contributed by atoms with Crippen LogP contribution in [-0.2, 0) is 13.0 Å². The Morgan fingerprint density at radius 3 is 2.68 bits per heavy atom. The SMILES string of the molecule is CCc1cncc(NC(=O)c2n[nH]c3ccc(-c4cncc(CN5CCC(O)CC5)c4)cc23)c1. The molecule has 0 atom stereocenters. The Hall–Kier alpha value is -3.62. The average molecular weight is 457 g/mol. The minimum Gasteiger partial charge on any atom is -0.393 e. The smallest absolute Gasteiger partial charge is 0.276 e. The van der Waals surface area contributed by atoms with E-state index >= 15 is 0 Å². The number of nitrogens with zero attached hydrogens (tertiary/aromatic N) is 4. The predicted octanol–water partition coefficient (Wildman–Crippen LogP) is 3.79. The van der Waals surface area contributed by atoms with Crippen LogP contribution < -0.4 is 5.32 Å². The molecule has 0 aliphatic carbocycles. The molecule has 0 radical (unpaired) electrons. The van der Waals surface area contributed by atoms with Gasteiger partial charge in [0.25, 0.3) is 5.91 Å². The highest BCUT2D eigenvalue weighted by atomic mass is 16.3. The Labute approximate surface area is 198 Å². The van der Waals surface area contributed by atoms with Crippen LogP contribution in [-0.4, -0.2) is 55.3 Å². The van der Waals surface area contributed by atoms with Gasteiger partial charge in [-0.1, -0.05) is 13.0 Å². The maximum Gasteiger partial charge on any atom is 0.276 e. The Morgan fingerprint density at radius 2 is 1.85 bits per heavy atom. The molecular weight excluding hydrogens is 428 g/mol. The van der Waals surface area contributed by atoms with E-state index in [1.807, 2.05) is 43.6 Å². The molecule has 1 fully saturated rings. The van der Waals surface area contributed by atoms with Gasteiger partial charge in [-0.3, -0.25) is 24.8 Å². The lowest BCUT2D eigenvalue weighted by Gasteiger charge is -2.29. The summed E-state index contributed by atoms with van der Waals surface area (Å²) in [6.45, 7) is 4.63. The monoisotopic (exact) mass is 456 g/mol. The van der Waals surface area contributed by atoms with Gasteiger partial charge in [-0.05, 0) is 60.2 Å². The van der Waals surface area contributed by atoms with Crippen LogP contribution >= 0.6 is 0 Å². The number of carbonyl (C=O) groups excluding carboxylic acids is 1. The van der Waals surface area contributed by atoms with Crippen molar-refractivity contribution in [3.05, 3.63) is 71.9 Å². The molecule has 0 saturated carbocycles. The van der Waals surface area contributed by atoms with Crippen LogP contribution in [0.5, 0.6) is 0 Å². The molecule has 5 rings (SSSR count). The summed E-state index contributed by atoms with van der Waals surface area (Å²) in [7, 11) is 0. The van der Waals surface area contributed by atoms with E-state index in [1.165, 1.54) is 0 Å². The van der Waals surface area contributed by atoms with Gasteiger partial charge >= 0.3 is 0 Å². The summed E-state index contributed by atoms with van der Waals surface area (Å²) in [6, 6.07) is 9.99. The van der Waals surface area contributed by atoms with Crippen molar-refractivity contribution in [3.8, 4) is 11.1 Å². The zero-order valence-electron chi connectivity index (χ0n) is 19.2. The summed E-state index contributed by atoms with van der Waals surface area (Å²) in [5.41, 5.74) is 5.94. The van der Waals surface area contributed by atoms with Crippen LogP contribution in [0.3, 0.4) is 0 Å². The van der Waals surface area contributed by atoms with E-state index in [2.05, 4.69) is 36.4 Å². The number of hydrogen-bond acceptors (Lipinski definition) is 6. The number of H-pyrrole nitrogens is 1. The van der Waals surface area contributed by atoms with Crippen LogP contribution in [0.4, 0.5) is 5.69 Å². The maximum absolute atomic E-state index is 13.0. The number of fused-ring (bicyclic) bond motifs is 1. The highest BCUT2D eigenvalue weighted by Gasteiger charge is 2.18. The van der Waals surface area contributed by atoms with E-state index in [9.17, 15) is 9.90 Å². The minimum absolute atomic E-state index is 0.180. The minimum atomic E-state index is -0.280. The number of hydrogen-bond donors (Lipinski definition) is 3. The molecular formula is C26H28N6O2. The molecule has 0 unspecified atom stereocenters. The summed E-state index contributed by atoms with van der Waals surface area (Å²) >= 11 is 0. The molecule has 4 heterocycles. The molecule has 1 aliphatic heterocycles. The first-order chi connectivity index (χ1) is 16.6. The Morgan fingerprint density at radius 1 is 1.06 bits per heavy atom. The first-order valence-electron chi connectivity index (χ1n) is 11.7. The van der Waals surface area contributed by atoms with E-state index in [0.717, 1.165) is 72.1 Å². The lowest BCUT2D eigenvalue weighted by atomic mass is 10.0. The predicted molar refractivity (Wildman–Crippen MR) is 131 cm³/mol. The second kappa shape index (κ2) is 9.70. The number of benzene rings is 1. The van der Waals surface area contributed by atoms with Gasteiger partial charge < -0.3 is 10.4 Å². The third-order valence-electron chi connectivity index (χ3n) is 6.33. The number of carbonyl (C=O) groups is 1. The van der Waals surface area contributed by atoms with Crippen molar-refractivity contribution in [1.29, 1.82) is 0 Å². The van der Waals surface area contributed by atoms with E-state index in [-0.39, 0.29) is 12.0 Å². The molecule has 4 aromatic rings. The number of aromatic nitrogens is 4. The van der Waals surface area contributed by atoms with Gasteiger partial charge in [0, 0.05) is 49.2 Å². The fourth-order valence-corrected chi connectivity index (χ4v) is 4.37. The van der Waals surface area contributed by atoms with Crippen LogP contribution in [0.2, 0.25) is 0 Å². The third kappa shape index (κ3) is 4.83. The fourth-order valence-electron chi connectivity index (χ4n) is 4.37. The summed E-state index contributed by atoms with van der Waals surface area (Å²) < 4.78 is 0. The molecule has 1 aromatic carbocycles. The van der Waals surface area contributed by atoms with Crippen molar-refractivity contribution in [2.45, 2.75) is 38.8 Å². The van der Waals surface area contributed by atoms with E-state index in [0.29, 0.717) is 11.4 Å². The molecule has 0 bridgehead atoms. The van der Waals surface area contributed by atoms with Crippen LogP contribution in [0.1, 0.15) is 41.4 Å². The summed E-state index contributed by atoms with van der Waals surface area (Å²) in [5, 5.41) is 20.6. The second-order valence-corrected chi connectivity index (χ2v) is 8.81. The number of aromatic amines is 1. The van der Waals surface area contributed by atoms with E-state index in [1.54, 1.807) is 12.4 Å². The van der Waals surface area contributed by atoms with Crippen molar-refractivity contribution in [2.75, 3.05) is 18.4 Å². The molecule has 1 saturated heterocycles. The fraction of sp³-hybridized carbons (Fsp3) is 0.308. The maximum atomic E-state index is 13.0. The van der Waals surface area contributed by atoms with E-state index in [4.69, 9.17) is 0 Å². The Balaban J connectivity index is 1.38. The number of aryl methyl sites for hydroxylation is 1. The topological polar surface area (TPSA) is 107 Å². The molecule has 3 N–H and O–H groups in total. The first kappa shape index (κ1) is 22.2. The molecule has 1 amide bonds. The van der Waals surface area contributed by atoms with Gasteiger partial charge in [-0.15, -0.1) is 0 Å². The number of aliphatic hydroxyl groups excluding tert-OH is 1. The number of aliphatic hydroxyl groups is 1. The van der Waals surface area contributed by atoms with Crippen LogP contribution in [0.25, 0.3) is 22.0 Å². The number of piperidine rings is 1. The molecule has 0 spiro atoms. The van der Waals surface area contributed by atoms with Gasteiger partial charge in [0.2, 0.25) is 0 Å². The summed E-state index contributed by atoms with van der Waals surface area (Å²) in [5.74, 6) is -0.280. The van der Waals surface area contributed by atoms with Crippen LogP contribution in [0.15, 0.2) is 55.1 Å². The van der Waals surface area contributed by atoms with Gasteiger partial charge in [0.1, 0.15) is 0 Å². The molecule has 1 aliphatic rings. The highest BCUT2D eigenvalue weighted by molar-refractivity contribution is 6.11. The lowest BCUT2D eigenvalue weighted by Crippen LogP contribution is -2.35. The zero-order valence-corrected chi connectivity index (χ0v) is 19.2. The van der Waals surface area contributed by atoms with Gasteiger partial charge in [0.05, 0.1) is 23.5 Å². The van der Waals surface area contributed by atoms with Gasteiger partial charge in [-0.25, -0.2) is 0 Å². The summed E-state index contributed by atoms with van der Waals surface area (Å²) in [4.78, 5) is 24.0. The Kier molecular flexibility index (Phi) is 6.33. The van der Waals surface area contributed by atoms with Gasteiger partial charge in [-0.2, -0.15) is 5.10 Å². The van der Waals surface area contributed by atoms with Gasteiger partial charge in [0.15, 0.2) is 5.69 Å². The van der Waals surface area contributed by atoms with E-state index < -0.39 is 0 Å². The quantitative estimate of drug-likeness (QED) is 0.408. The average Bonchev–Trinajstić information content (AvgIpc) is 3.29. The number of likely N-dealkylation sites (tertiary alicyclic amines) is 1. The Bertz CT molecular complexity index is 1310. The highest BCUT2D eigenvalue weighted by Crippen LogP contribution is 2.27. The molecule has 3 aromatic heterocycles. The molecule has 174 valence electrons. The van der Waals surface area contributed by atoms with Crippen molar-refractivity contribution in [2.24, 2.45) is 0 Å². The number of amides is 1. The largest absolute Gasteiger partial charge is 0.393 e. The zero-order chi connectivity index (χ0) is 23.5. The van der Waals surface area contributed by atoms with Crippen molar-refractivity contribution in [1.82, 2.24) is 25.1 Å². The first-order valence-corrected chi connectivity index (χ1v) is 11.7. The molecule has 8 heteroatoms. The number of nitrogens with one attached hydrogen (secondary N) is 2. The normalized spacial score (nSPS) is 15.0. The van der Waals surface area contributed by atoms with Crippen molar-refractivity contribution < 1.29 is 9.90 Å².